The van der Waals surface area contributed by atoms with Crippen molar-refractivity contribution in [3.63, 3.8) is 0 Å². The van der Waals surface area contributed by atoms with Gasteiger partial charge in [0, 0.05) is 43.7 Å². The monoisotopic (exact) mass is 255 g/mol. The molecule has 3 aromatic rings. The van der Waals surface area contributed by atoms with Crippen molar-refractivity contribution >= 4 is 10.9 Å². The lowest BCUT2D eigenvalue weighted by atomic mass is 10.2. The molecule has 0 aliphatic rings. The minimum atomic E-state index is 0.850. The molecule has 19 heavy (non-hydrogen) atoms. The minimum Gasteiger partial charge on any atom is -0.361 e. The third-order valence-corrected chi connectivity index (χ3v) is 3.16. The van der Waals surface area contributed by atoms with E-state index in [0.717, 1.165) is 25.3 Å². The molecule has 0 atom stereocenters. The molecule has 0 unspecified atom stereocenters. The number of rotatable bonds is 5. The van der Waals surface area contributed by atoms with Gasteiger partial charge in [-0.15, -0.1) is 0 Å². The van der Waals surface area contributed by atoms with Gasteiger partial charge in [-0.1, -0.05) is 18.2 Å². The van der Waals surface area contributed by atoms with Crippen LogP contribution in [0.3, 0.4) is 0 Å². The van der Waals surface area contributed by atoms with E-state index in [2.05, 4.69) is 44.8 Å². The van der Waals surface area contributed by atoms with Crippen LogP contribution in [-0.4, -0.2) is 26.3 Å². The highest BCUT2D eigenvalue weighted by Gasteiger charge is 2.02. The van der Waals surface area contributed by atoms with Gasteiger partial charge in [-0.05, 0) is 11.6 Å². The average Bonchev–Trinajstić information content (AvgIpc) is 3.02. The molecule has 0 fully saturated rings. The maximum Gasteiger partial charge on any atom is 0.151 e. The highest BCUT2D eigenvalue weighted by atomic mass is 15.3. The molecular weight excluding hydrogens is 238 g/mol. The first-order valence-corrected chi connectivity index (χ1v) is 6.43. The molecule has 0 saturated carbocycles. The standard InChI is InChI=1S/C14H17N5/c1-19-10-17-14(18-19)6-7-15-8-11-9-16-13-5-3-2-4-12(11)13/h2-5,9-10,15-16H,6-8H2,1H3. The maximum atomic E-state index is 4.25. The molecule has 0 saturated heterocycles. The smallest absolute Gasteiger partial charge is 0.151 e. The summed E-state index contributed by atoms with van der Waals surface area (Å²) in [4.78, 5) is 7.49. The third kappa shape index (κ3) is 2.66. The molecule has 5 heteroatoms. The van der Waals surface area contributed by atoms with E-state index in [1.54, 1.807) is 11.0 Å². The molecule has 2 aromatic heterocycles. The van der Waals surface area contributed by atoms with Crippen LogP contribution in [0.1, 0.15) is 11.4 Å². The molecule has 0 aliphatic heterocycles. The Hall–Kier alpha value is -2.14. The zero-order valence-electron chi connectivity index (χ0n) is 10.9. The Kier molecular flexibility index (Phi) is 3.29. The molecular formula is C14H17N5. The van der Waals surface area contributed by atoms with Crippen molar-refractivity contribution in [2.75, 3.05) is 6.54 Å². The first-order valence-electron chi connectivity index (χ1n) is 6.43. The van der Waals surface area contributed by atoms with E-state index in [-0.39, 0.29) is 0 Å². The third-order valence-electron chi connectivity index (χ3n) is 3.16. The van der Waals surface area contributed by atoms with Crippen LogP contribution >= 0.6 is 0 Å². The van der Waals surface area contributed by atoms with Gasteiger partial charge in [0.1, 0.15) is 6.33 Å². The van der Waals surface area contributed by atoms with E-state index >= 15 is 0 Å². The van der Waals surface area contributed by atoms with Crippen LogP contribution in [0.15, 0.2) is 36.8 Å². The number of aromatic amines is 1. The molecule has 0 spiro atoms. The Balaban J connectivity index is 1.55. The van der Waals surface area contributed by atoms with Gasteiger partial charge in [0.15, 0.2) is 5.82 Å². The van der Waals surface area contributed by atoms with Crippen molar-refractivity contribution in [2.24, 2.45) is 7.05 Å². The summed E-state index contributed by atoms with van der Waals surface area (Å²) < 4.78 is 1.73. The fraction of sp³-hybridized carbons (Fsp3) is 0.286. The number of aromatic nitrogens is 4. The Morgan fingerprint density at radius 3 is 3.05 bits per heavy atom. The van der Waals surface area contributed by atoms with Crippen molar-refractivity contribution in [2.45, 2.75) is 13.0 Å². The fourth-order valence-corrected chi connectivity index (χ4v) is 2.20. The molecule has 0 aliphatic carbocycles. The molecule has 98 valence electrons. The van der Waals surface area contributed by atoms with E-state index < -0.39 is 0 Å². The van der Waals surface area contributed by atoms with Crippen molar-refractivity contribution < 1.29 is 0 Å². The Labute approximate surface area is 111 Å². The second-order valence-electron chi connectivity index (χ2n) is 4.62. The largest absolute Gasteiger partial charge is 0.361 e. The van der Waals surface area contributed by atoms with Crippen LogP contribution in [-0.2, 0) is 20.0 Å². The van der Waals surface area contributed by atoms with Crippen molar-refractivity contribution in [1.29, 1.82) is 0 Å². The van der Waals surface area contributed by atoms with Crippen LogP contribution in [0, 0.1) is 0 Å². The average molecular weight is 255 g/mol. The maximum absolute atomic E-state index is 4.25. The Bertz CT molecular complexity index is 667. The molecule has 1 aromatic carbocycles. The second kappa shape index (κ2) is 5.24. The van der Waals surface area contributed by atoms with Crippen LogP contribution in [0.5, 0.6) is 0 Å². The second-order valence-corrected chi connectivity index (χ2v) is 4.62. The van der Waals surface area contributed by atoms with E-state index in [1.165, 1.54) is 16.5 Å². The Morgan fingerprint density at radius 1 is 1.32 bits per heavy atom. The van der Waals surface area contributed by atoms with E-state index in [0.29, 0.717) is 0 Å². The number of hydrogen-bond acceptors (Lipinski definition) is 3. The van der Waals surface area contributed by atoms with Crippen molar-refractivity contribution in [3.8, 4) is 0 Å². The highest BCUT2D eigenvalue weighted by molar-refractivity contribution is 5.82. The van der Waals surface area contributed by atoms with Gasteiger partial charge in [-0.2, -0.15) is 5.10 Å². The van der Waals surface area contributed by atoms with Gasteiger partial charge in [0.2, 0.25) is 0 Å². The number of nitrogens with one attached hydrogen (secondary N) is 2. The minimum absolute atomic E-state index is 0.850. The number of aryl methyl sites for hydroxylation is 1. The lowest BCUT2D eigenvalue weighted by Crippen LogP contribution is -2.17. The molecule has 0 bridgehead atoms. The lowest BCUT2D eigenvalue weighted by molar-refractivity contribution is 0.663. The predicted octanol–water partition coefficient (Wildman–Crippen LogP) is 1.63. The summed E-state index contributed by atoms with van der Waals surface area (Å²) in [6.45, 7) is 1.74. The highest BCUT2D eigenvalue weighted by Crippen LogP contribution is 2.17. The quantitative estimate of drug-likeness (QED) is 0.681. The predicted molar refractivity (Wildman–Crippen MR) is 74.7 cm³/mol. The van der Waals surface area contributed by atoms with Crippen LogP contribution in [0.25, 0.3) is 10.9 Å². The van der Waals surface area contributed by atoms with Gasteiger partial charge in [0.05, 0.1) is 0 Å². The summed E-state index contributed by atoms with van der Waals surface area (Å²) in [6, 6.07) is 8.35. The zero-order chi connectivity index (χ0) is 13.1. The number of fused-ring (bicyclic) bond motifs is 1. The van der Waals surface area contributed by atoms with Gasteiger partial charge in [-0.3, -0.25) is 4.68 Å². The lowest BCUT2D eigenvalue weighted by Gasteiger charge is -2.02. The fourth-order valence-electron chi connectivity index (χ4n) is 2.20. The van der Waals surface area contributed by atoms with E-state index in [4.69, 9.17) is 0 Å². The molecule has 0 amide bonds. The van der Waals surface area contributed by atoms with E-state index in [9.17, 15) is 0 Å². The summed E-state index contributed by atoms with van der Waals surface area (Å²) in [6.07, 6.45) is 4.65. The number of para-hydroxylation sites is 1. The normalized spacial score (nSPS) is 11.2. The van der Waals surface area contributed by atoms with Gasteiger partial charge >= 0.3 is 0 Å². The number of benzene rings is 1. The molecule has 2 heterocycles. The number of nitrogens with zero attached hydrogens (tertiary/aromatic N) is 3. The summed E-state index contributed by atoms with van der Waals surface area (Å²) >= 11 is 0. The summed E-state index contributed by atoms with van der Waals surface area (Å²) in [5.41, 5.74) is 2.48. The van der Waals surface area contributed by atoms with Gasteiger partial charge in [0.25, 0.3) is 0 Å². The zero-order valence-corrected chi connectivity index (χ0v) is 10.9. The first-order chi connectivity index (χ1) is 9.33. The topological polar surface area (TPSA) is 58.5 Å². The summed E-state index contributed by atoms with van der Waals surface area (Å²) in [5.74, 6) is 0.883. The molecule has 5 nitrogen and oxygen atoms in total. The summed E-state index contributed by atoms with van der Waals surface area (Å²) in [7, 11) is 1.88. The Morgan fingerprint density at radius 2 is 2.21 bits per heavy atom. The number of H-pyrrole nitrogens is 1. The van der Waals surface area contributed by atoms with E-state index in [1.807, 2.05) is 13.1 Å². The van der Waals surface area contributed by atoms with Crippen LogP contribution in [0.2, 0.25) is 0 Å². The number of hydrogen-bond donors (Lipinski definition) is 2. The SMILES string of the molecule is Cn1cnc(CCNCc2c[nH]c3ccccc23)n1. The van der Waals surface area contributed by atoms with Crippen LogP contribution < -0.4 is 5.32 Å². The van der Waals surface area contributed by atoms with Crippen molar-refractivity contribution in [3.05, 3.63) is 48.2 Å². The molecule has 2 N–H and O–H groups in total. The van der Waals surface area contributed by atoms with Crippen molar-refractivity contribution in [1.82, 2.24) is 25.1 Å². The first kappa shape index (κ1) is 11.9. The molecule has 0 radical (unpaired) electrons. The van der Waals surface area contributed by atoms with Gasteiger partial charge < -0.3 is 10.3 Å². The summed E-state index contributed by atoms with van der Waals surface area (Å²) in [5, 5.41) is 8.97. The molecule has 3 rings (SSSR count). The van der Waals surface area contributed by atoms with Gasteiger partial charge in [-0.25, -0.2) is 4.98 Å². The van der Waals surface area contributed by atoms with Crippen LogP contribution in [0.4, 0.5) is 0 Å².